The van der Waals surface area contributed by atoms with Gasteiger partial charge in [0.1, 0.15) is 11.3 Å². The Balaban J connectivity index is 1.77. The summed E-state index contributed by atoms with van der Waals surface area (Å²) in [5, 5.41) is 2.66. The Kier molecular flexibility index (Phi) is 7.07. The average Bonchev–Trinajstić information content (AvgIpc) is 2.81. The van der Waals surface area contributed by atoms with Gasteiger partial charge in [-0.25, -0.2) is 9.69 Å². The maximum atomic E-state index is 13.3. The Labute approximate surface area is 214 Å². The molecule has 0 radical (unpaired) electrons. The molecular weight excluding hydrogens is 543 g/mol. The van der Waals surface area contributed by atoms with Gasteiger partial charge < -0.3 is 4.74 Å². The Morgan fingerprint density at radius 2 is 1.74 bits per heavy atom. The number of rotatable bonds is 5. The van der Waals surface area contributed by atoms with E-state index in [4.69, 9.17) is 27.9 Å². The van der Waals surface area contributed by atoms with Crippen LogP contribution in [0.3, 0.4) is 0 Å². The van der Waals surface area contributed by atoms with Crippen LogP contribution in [0.1, 0.15) is 16.7 Å². The van der Waals surface area contributed by atoms with Gasteiger partial charge in [0, 0.05) is 4.47 Å². The number of barbiturate groups is 1. The molecule has 0 atom stereocenters. The van der Waals surface area contributed by atoms with Crippen molar-refractivity contribution in [1.82, 2.24) is 5.32 Å². The van der Waals surface area contributed by atoms with Crippen molar-refractivity contribution in [3.8, 4) is 5.75 Å². The van der Waals surface area contributed by atoms with Gasteiger partial charge in [-0.1, -0.05) is 63.4 Å². The van der Waals surface area contributed by atoms with E-state index in [1.165, 1.54) is 24.3 Å². The molecule has 4 amide bonds. The summed E-state index contributed by atoms with van der Waals surface area (Å²) in [5.74, 6) is -0.917. The van der Waals surface area contributed by atoms with Crippen LogP contribution < -0.4 is 15.0 Å². The molecule has 0 spiro atoms. The number of methoxy groups -OCH3 is 1. The minimum Gasteiger partial charge on any atom is -0.497 e. The molecule has 3 aromatic carbocycles. The van der Waals surface area contributed by atoms with E-state index in [-0.39, 0.29) is 21.3 Å². The number of hydrogen-bond donors (Lipinski definition) is 1. The van der Waals surface area contributed by atoms with E-state index >= 15 is 0 Å². The van der Waals surface area contributed by atoms with E-state index < -0.39 is 17.8 Å². The van der Waals surface area contributed by atoms with Gasteiger partial charge in [0.25, 0.3) is 11.8 Å². The van der Waals surface area contributed by atoms with Crippen LogP contribution in [-0.2, 0) is 16.0 Å². The summed E-state index contributed by atoms with van der Waals surface area (Å²) in [6.07, 6.45) is 1.99. The van der Waals surface area contributed by atoms with Crippen molar-refractivity contribution in [2.24, 2.45) is 0 Å². The first-order valence-electron chi connectivity index (χ1n) is 10.1. The molecule has 6 nitrogen and oxygen atoms in total. The number of ether oxygens (including phenoxy) is 1. The second-order valence-electron chi connectivity index (χ2n) is 7.39. The van der Waals surface area contributed by atoms with E-state index in [9.17, 15) is 14.4 Å². The highest BCUT2D eigenvalue weighted by atomic mass is 79.9. The third-order valence-electron chi connectivity index (χ3n) is 5.25. The number of amides is 4. The van der Waals surface area contributed by atoms with Gasteiger partial charge >= 0.3 is 6.03 Å². The zero-order valence-corrected chi connectivity index (χ0v) is 20.9. The normalized spacial score (nSPS) is 15.0. The second kappa shape index (κ2) is 10.0. The molecule has 4 rings (SSSR count). The molecule has 1 aliphatic heterocycles. The van der Waals surface area contributed by atoms with Gasteiger partial charge in [-0.15, -0.1) is 0 Å². The predicted molar refractivity (Wildman–Crippen MR) is 135 cm³/mol. The molecule has 0 aliphatic carbocycles. The molecule has 34 heavy (non-hydrogen) atoms. The summed E-state index contributed by atoms with van der Waals surface area (Å²) in [4.78, 5) is 39.2. The number of imide groups is 2. The van der Waals surface area contributed by atoms with Gasteiger partial charge in [0.05, 0.1) is 22.8 Å². The zero-order valence-electron chi connectivity index (χ0n) is 17.8. The van der Waals surface area contributed by atoms with Gasteiger partial charge in [-0.05, 0) is 65.6 Å². The summed E-state index contributed by atoms with van der Waals surface area (Å²) in [5.41, 5.74) is 2.49. The van der Waals surface area contributed by atoms with E-state index in [0.717, 1.165) is 20.5 Å². The number of carbonyl (C=O) groups excluding carboxylic acids is 3. The van der Waals surface area contributed by atoms with Crippen LogP contribution in [0.4, 0.5) is 10.5 Å². The molecular formula is C25H17BrCl2N2O4. The average molecular weight is 560 g/mol. The highest BCUT2D eigenvalue weighted by Crippen LogP contribution is 2.31. The van der Waals surface area contributed by atoms with E-state index in [0.29, 0.717) is 17.7 Å². The molecule has 9 heteroatoms. The van der Waals surface area contributed by atoms with Crippen molar-refractivity contribution in [1.29, 1.82) is 0 Å². The Morgan fingerprint density at radius 3 is 2.44 bits per heavy atom. The van der Waals surface area contributed by atoms with Gasteiger partial charge in [-0.3, -0.25) is 14.9 Å². The van der Waals surface area contributed by atoms with Crippen LogP contribution in [0.25, 0.3) is 6.08 Å². The Bertz CT molecular complexity index is 1360. The van der Waals surface area contributed by atoms with Crippen LogP contribution in [0.5, 0.6) is 5.75 Å². The molecule has 0 aromatic heterocycles. The maximum absolute atomic E-state index is 13.3. The summed E-state index contributed by atoms with van der Waals surface area (Å²) in [7, 11) is 1.56. The smallest absolute Gasteiger partial charge is 0.335 e. The van der Waals surface area contributed by atoms with Crippen molar-refractivity contribution < 1.29 is 19.1 Å². The van der Waals surface area contributed by atoms with Crippen molar-refractivity contribution in [2.75, 3.05) is 12.0 Å². The number of carbonyl (C=O) groups is 3. The van der Waals surface area contributed by atoms with Crippen LogP contribution in [0, 0.1) is 0 Å². The topological polar surface area (TPSA) is 75.7 Å². The number of halogens is 3. The summed E-state index contributed by atoms with van der Waals surface area (Å²) in [6, 6.07) is 16.6. The monoisotopic (exact) mass is 558 g/mol. The first-order chi connectivity index (χ1) is 16.3. The fourth-order valence-electron chi connectivity index (χ4n) is 3.52. The van der Waals surface area contributed by atoms with E-state index in [1.54, 1.807) is 19.2 Å². The molecule has 0 bridgehead atoms. The number of urea groups is 1. The van der Waals surface area contributed by atoms with Crippen LogP contribution in [-0.4, -0.2) is 25.0 Å². The number of benzene rings is 3. The summed E-state index contributed by atoms with van der Waals surface area (Å²) in [6.45, 7) is 0. The molecule has 0 saturated carbocycles. The second-order valence-corrected chi connectivity index (χ2v) is 9.06. The SMILES string of the molecule is COc1ccc(/C=C2\C(=O)NC(=O)N(c3ccc(Cl)c(Cl)c3)C2=O)c(Cc2ccccc2Br)c1. The third-order valence-corrected chi connectivity index (χ3v) is 6.76. The fraction of sp³-hybridized carbons (Fsp3) is 0.0800. The number of nitrogens with one attached hydrogen (secondary N) is 1. The van der Waals surface area contributed by atoms with E-state index in [1.807, 2.05) is 30.3 Å². The van der Waals surface area contributed by atoms with Crippen molar-refractivity contribution >= 4 is 68.7 Å². The van der Waals surface area contributed by atoms with Gasteiger partial charge in [0.2, 0.25) is 0 Å². The first-order valence-corrected chi connectivity index (χ1v) is 11.6. The van der Waals surface area contributed by atoms with Gasteiger partial charge in [0.15, 0.2) is 0 Å². The molecule has 3 aromatic rings. The summed E-state index contributed by atoms with van der Waals surface area (Å²) < 4.78 is 6.29. The fourth-order valence-corrected chi connectivity index (χ4v) is 4.24. The molecule has 1 heterocycles. The molecule has 172 valence electrons. The molecule has 1 N–H and O–H groups in total. The highest BCUT2D eigenvalue weighted by molar-refractivity contribution is 9.10. The largest absolute Gasteiger partial charge is 0.497 e. The van der Waals surface area contributed by atoms with Crippen molar-refractivity contribution in [3.05, 3.63) is 97.4 Å². The van der Waals surface area contributed by atoms with Crippen LogP contribution >= 0.6 is 39.1 Å². The van der Waals surface area contributed by atoms with Crippen molar-refractivity contribution in [3.63, 3.8) is 0 Å². The minimum absolute atomic E-state index is 0.174. The lowest BCUT2D eigenvalue weighted by atomic mass is 9.97. The maximum Gasteiger partial charge on any atom is 0.335 e. The lowest BCUT2D eigenvalue weighted by molar-refractivity contribution is -0.122. The van der Waals surface area contributed by atoms with E-state index in [2.05, 4.69) is 21.2 Å². The number of hydrogen-bond acceptors (Lipinski definition) is 4. The summed E-state index contributed by atoms with van der Waals surface area (Å²) >= 11 is 15.6. The minimum atomic E-state index is -0.867. The molecule has 0 unspecified atom stereocenters. The molecule has 1 saturated heterocycles. The lowest BCUT2D eigenvalue weighted by Gasteiger charge is -2.26. The van der Waals surface area contributed by atoms with Crippen LogP contribution in [0.15, 0.2) is 70.7 Å². The number of anilines is 1. The quantitative estimate of drug-likeness (QED) is 0.306. The first kappa shape index (κ1) is 24.0. The highest BCUT2D eigenvalue weighted by Gasteiger charge is 2.37. The predicted octanol–water partition coefficient (Wildman–Crippen LogP) is 6.02. The van der Waals surface area contributed by atoms with Crippen LogP contribution in [0.2, 0.25) is 10.0 Å². The third kappa shape index (κ3) is 4.87. The number of nitrogens with zero attached hydrogens (tertiary/aromatic N) is 1. The zero-order chi connectivity index (χ0) is 24.4. The Hall–Kier alpha value is -3.13. The molecule has 1 aliphatic rings. The lowest BCUT2D eigenvalue weighted by Crippen LogP contribution is -2.54. The standard InChI is InChI=1S/C25H17BrCl2N2O4/c1-34-18-8-6-14(16(11-18)10-15-4-2-3-5-20(15)26)12-19-23(31)29-25(33)30(24(19)32)17-7-9-21(27)22(28)13-17/h2-9,11-13H,10H2,1H3,(H,29,31,33)/b19-12+. The Morgan fingerprint density at radius 1 is 0.971 bits per heavy atom. The van der Waals surface area contributed by atoms with Gasteiger partial charge in [-0.2, -0.15) is 0 Å². The van der Waals surface area contributed by atoms with Crippen molar-refractivity contribution in [2.45, 2.75) is 6.42 Å². The molecule has 1 fully saturated rings.